The van der Waals surface area contributed by atoms with E-state index in [4.69, 9.17) is 19.5 Å². The number of benzene rings is 1. The van der Waals surface area contributed by atoms with Crippen LogP contribution in [-0.4, -0.2) is 42.5 Å². The number of halogens is 2. The molecule has 0 saturated carbocycles. The highest BCUT2D eigenvalue weighted by atomic mass is 19.3. The van der Waals surface area contributed by atoms with Crippen LogP contribution in [0.25, 0.3) is 0 Å². The molecule has 1 aromatic carbocycles. The largest absolute Gasteiger partial charge is 0.496 e. The van der Waals surface area contributed by atoms with Crippen molar-refractivity contribution in [3.05, 3.63) is 17.7 Å². The SMILES string of the molecule is COc1cc(B(O)O)cc(OC(F)F)c1C(=O)OC(C)(C)C. The number of rotatable bonds is 5. The molecule has 0 aromatic heterocycles. The molecule has 122 valence electrons. The second kappa shape index (κ2) is 6.93. The molecule has 0 bridgehead atoms. The van der Waals surface area contributed by atoms with E-state index in [-0.39, 0.29) is 16.8 Å². The van der Waals surface area contributed by atoms with Gasteiger partial charge in [0.15, 0.2) is 0 Å². The monoisotopic (exact) mass is 318 g/mol. The molecule has 0 spiro atoms. The number of hydrogen-bond acceptors (Lipinski definition) is 6. The van der Waals surface area contributed by atoms with Crippen molar-refractivity contribution in [2.45, 2.75) is 33.0 Å². The molecule has 0 aliphatic carbocycles. The molecule has 0 aliphatic rings. The molecule has 6 nitrogen and oxygen atoms in total. The Kier molecular flexibility index (Phi) is 5.73. The standard InChI is InChI=1S/C13H17BF2O6/c1-13(2,3)22-11(17)10-8(20-4)5-7(14(18)19)6-9(10)21-12(15)16/h5-6,12,18-19H,1-4H3. The topological polar surface area (TPSA) is 85.2 Å². The molecular weight excluding hydrogens is 301 g/mol. The van der Waals surface area contributed by atoms with Gasteiger partial charge in [-0.15, -0.1) is 0 Å². The molecule has 1 rings (SSSR count). The van der Waals surface area contributed by atoms with Crippen molar-refractivity contribution in [3.63, 3.8) is 0 Å². The van der Waals surface area contributed by atoms with Gasteiger partial charge in [-0.3, -0.25) is 0 Å². The van der Waals surface area contributed by atoms with Crippen LogP contribution in [0.4, 0.5) is 8.78 Å². The third-order valence-corrected chi connectivity index (χ3v) is 2.43. The summed E-state index contributed by atoms with van der Waals surface area (Å²) >= 11 is 0. The van der Waals surface area contributed by atoms with E-state index in [0.717, 1.165) is 12.1 Å². The van der Waals surface area contributed by atoms with Crippen LogP contribution in [0.15, 0.2) is 12.1 Å². The van der Waals surface area contributed by atoms with Crippen molar-refractivity contribution >= 4 is 18.6 Å². The van der Waals surface area contributed by atoms with Gasteiger partial charge in [0.1, 0.15) is 22.7 Å². The maximum absolute atomic E-state index is 12.5. The number of hydrogen-bond donors (Lipinski definition) is 2. The van der Waals surface area contributed by atoms with E-state index in [2.05, 4.69) is 4.74 Å². The quantitative estimate of drug-likeness (QED) is 0.621. The molecule has 0 unspecified atom stereocenters. The van der Waals surface area contributed by atoms with E-state index in [0.29, 0.717) is 0 Å². The minimum atomic E-state index is -3.21. The van der Waals surface area contributed by atoms with Crippen LogP contribution in [0.1, 0.15) is 31.1 Å². The number of carbonyl (C=O) groups is 1. The van der Waals surface area contributed by atoms with Gasteiger partial charge >= 0.3 is 19.7 Å². The van der Waals surface area contributed by atoms with Gasteiger partial charge in [0.05, 0.1) is 7.11 Å². The first-order chi connectivity index (χ1) is 10.0. The predicted molar refractivity (Wildman–Crippen MR) is 74.6 cm³/mol. The highest BCUT2D eigenvalue weighted by Crippen LogP contribution is 2.31. The summed E-state index contributed by atoms with van der Waals surface area (Å²) in [5.74, 6) is -1.67. The smallest absolute Gasteiger partial charge is 0.488 e. The Morgan fingerprint density at radius 2 is 1.77 bits per heavy atom. The van der Waals surface area contributed by atoms with Gasteiger partial charge in [-0.1, -0.05) is 0 Å². The molecule has 0 amide bonds. The predicted octanol–water partition coefficient (Wildman–Crippen LogP) is 0.932. The Morgan fingerprint density at radius 3 is 2.18 bits per heavy atom. The second-order valence-corrected chi connectivity index (χ2v) is 5.35. The Morgan fingerprint density at radius 1 is 1.23 bits per heavy atom. The number of ether oxygens (including phenoxy) is 3. The molecule has 0 saturated heterocycles. The zero-order chi connectivity index (χ0) is 17.1. The number of esters is 1. The third kappa shape index (κ3) is 4.85. The van der Waals surface area contributed by atoms with Crippen LogP contribution >= 0.6 is 0 Å². The molecule has 1 aromatic rings. The zero-order valence-corrected chi connectivity index (χ0v) is 12.6. The lowest BCUT2D eigenvalue weighted by molar-refractivity contribution is -0.0509. The van der Waals surface area contributed by atoms with Crippen molar-refractivity contribution in [2.75, 3.05) is 7.11 Å². The molecule has 2 N–H and O–H groups in total. The summed E-state index contributed by atoms with van der Waals surface area (Å²) in [5, 5.41) is 18.3. The van der Waals surface area contributed by atoms with Crippen LogP contribution in [0.5, 0.6) is 11.5 Å². The summed E-state index contributed by atoms with van der Waals surface area (Å²) < 4.78 is 39.4. The Balaban J connectivity index is 3.41. The highest BCUT2D eigenvalue weighted by Gasteiger charge is 2.28. The fourth-order valence-electron chi connectivity index (χ4n) is 1.64. The summed E-state index contributed by atoms with van der Waals surface area (Å²) in [6.07, 6.45) is 0. The first-order valence-electron chi connectivity index (χ1n) is 6.31. The average Bonchev–Trinajstić information content (AvgIpc) is 2.34. The van der Waals surface area contributed by atoms with E-state index in [1.165, 1.54) is 7.11 Å². The lowest BCUT2D eigenvalue weighted by Gasteiger charge is -2.22. The summed E-state index contributed by atoms with van der Waals surface area (Å²) in [6, 6.07) is 2.04. The molecule has 22 heavy (non-hydrogen) atoms. The highest BCUT2D eigenvalue weighted by molar-refractivity contribution is 6.58. The van der Waals surface area contributed by atoms with Gasteiger partial charge in [0.25, 0.3) is 0 Å². The minimum Gasteiger partial charge on any atom is -0.496 e. The lowest BCUT2D eigenvalue weighted by atomic mass is 9.79. The normalized spacial score (nSPS) is 11.3. The van der Waals surface area contributed by atoms with Crippen LogP contribution < -0.4 is 14.9 Å². The van der Waals surface area contributed by atoms with Crippen molar-refractivity contribution in [1.82, 2.24) is 0 Å². The summed E-state index contributed by atoms with van der Waals surface area (Å²) in [7, 11) is -0.746. The second-order valence-electron chi connectivity index (χ2n) is 5.35. The van der Waals surface area contributed by atoms with Gasteiger partial charge in [-0.2, -0.15) is 8.78 Å². The first kappa shape index (κ1) is 18.2. The van der Waals surface area contributed by atoms with Crippen molar-refractivity contribution in [1.29, 1.82) is 0 Å². The van der Waals surface area contributed by atoms with Crippen LogP contribution in [-0.2, 0) is 4.74 Å². The number of carbonyl (C=O) groups excluding carboxylic acids is 1. The number of alkyl halides is 2. The van der Waals surface area contributed by atoms with Crippen molar-refractivity contribution in [3.8, 4) is 11.5 Å². The molecular formula is C13H17BF2O6. The van der Waals surface area contributed by atoms with E-state index in [1.807, 2.05) is 0 Å². The Bertz CT molecular complexity index is 542. The maximum atomic E-state index is 12.5. The van der Waals surface area contributed by atoms with Crippen LogP contribution in [0.2, 0.25) is 0 Å². The fraction of sp³-hybridized carbons (Fsp3) is 0.462. The molecule has 0 aliphatic heterocycles. The van der Waals surface area contributed by atoms with Crippen molar-refractivity contribution < 1.29 is 37.8 Å². The first-order valence-corrected chi connectivity index (χ1v) is 6.31. The van der Waals surface area contributed by atoms with E-state index >= 15 is 0 Å². The van der Waals surface area contributed by atoms with Gasteiger partial charge in [0.2, 0.25) is 0 Å². The maximum Gasteiger partial charge on any atom is 0.488 e. The zero-order valence-electron chi connectivity index (χ0n) is 12.6. The average molecular weight is 318 g/mol. The molecule has 0 fully saturated rings. The summed E-state index contributed by atoms with van der Waals surface area (Å²) in [4.78, 5) is 12.2. The minimum absolute atomic E-state index is 0.167. The molecule has 0 radical (unpaired) electrons. The Hall–Kier alpha value is -1.87. The molecule has 0 atom stereocenters. The van der Waals surface area contributed by atoms with E-state index in [1.54, 1.807) is 20.8 Å². The van der Waals surface area contributed by atoms with E-state index < -0.39 is 31.0 Å². The summed E-state index contributed by atoms with van der Waals surface area (Å²) in [6.45, 7) is 1.61. The fourth-order valence-corrected chi connectivity index (χ4v) is 1.64. The van der Waals surface area contributed by atoms with Gasteiger partial charge in [-0.25, -0.2) is 4.79 Å². The van der Waals surface area contributed by atoms with Crippen LogP contribution in [0.3, 0.4) is 0 Å². The molecule has 0 heterocycles. The van der Waals surface area contributed by atoms with E-state index in [9.17, 15) is 13.6 Å². The third-order valence-electron chi connectivity index (χ3n) is 2.43. The van der Waals surface area contributed by atoms with Crippen molar-refractivity contribution in [2.24, 2.45) is 0 Å². The Labute approximate surface area is 126 Å². The molecule has 9 heteroatoms. The number of methoxy groups -OCH3 is 1. The summed E-state index contributed by atoms with van der Waals surface area (Å²) in [5.41, 5.74) is -1.39. The van der Waals surface area contributed by atoms with Gasteiger partial charge in [-0.05, 0) is 38.4 Å². The van der Waals surface area contributed by atoms with Gasteiger partial charge in [0, 0.05) is 0 Å². The van der Waals surface area contributed by atoms with Gasteiger partial charge < -0.3 is 24.3 Å². The van der Waals surface area contributed by atoms with Crippen LogP contribution in [0, 0.1) is 0 Å². The lowest BCUT2D eigenvalue weighted by Crippen LogP contribution is -2.31.